The standard InChI is InChI=1S/C18H18ClNO3/c1-13(21)14-7-9-16(10-8-14)23-12-18(22)20(2)11-15-5-3-4-6-17(15)19/h3-10H,11-12H2,1-2H3. The lowest BCUT2D eigenvalue weighted by Crippen LogP contribution is -2.31. The van der Waals surface area contributed by atoms with E-state index in [0.717, 1.165) is 5.56 Å². The lowest BCUT2D eigenvalue weighted by Gasteiger charge is -2.18. The van der Waals surface area contributed by atoms with Crippen LogP contribution in [0.2, 0.25) is 5.02 Å². The van der Waals surface area contributed by atoms with Crippen LogP contribution in [0.15, 0.2) is 48.5 Å². The molecule has 0 atom stereocenters. The Morgan fingerprint density at radius 3 is 2.35 bits per heavy atom. The molecule has 5 heteroatoms. The quantitative estimate of drug-likeness (QED) is 0.760. The van der Waals surface area contributed by atoms with Gasteiger partial charge in [-0.25, -0.2) is 0 Å². The summed E-state index contributed by atoms with van der Waals surface area (Å²) in [6, 6.07) is 14.1. The lowest BCUT2D eigenvalue weighted by atomic mass is 10.1. The van der Waals surface area contributed by atoms with Crippen LogP contribution < -0.4 is 4.74 Å². The zero-order valence-corrected chi connectivity index (χ0v) is 13.8. The van der Waals surface area contributed by atoms with Crippen LogP contribution in [-0.2, 0) is 11.3 Å². The van der Waals surface area contributed by atoms with Gasteiger partial charge in [0.25, 0.3) is 5.91 Å². The SMILES string of the molecule is CC(=O)c1ccc(OCC(=O)N(C)Cc2ccccc2Cl)cc1. The molecule has 0 heterocycles. The molecule has 0 spiro atoms. The monoisotopic (exact) mass is 331 g/mol. The summed E-state index contributed by atoms with van der Waals surface area (Å²) in [5.41, 5.74) is 1.50. The molecule has 1 amide bonds. The number of rotatable bonds is 6. The molecule has 0 fully saturated rings. The number of ketones is 1. The third-order valence-electron chi connectivity index (χ3n) is 3.41. The first kappa shape index (κ1) is 17.0. The summed E-state index contributed by atoms with van der Waals surface area (Å²) in [5, 5.41) is 0.632. The van der Waals surface area contributed by atoms with Gasteiger partial charge in [0.15, 0.2) is 12.4 Å². The topological polar surface area (TPSA) is 46.6 Å². The van der Waals surface area contributed by atoms with Crippen molar-refractivity contribution in [2.24, 2.45) is 0 Å². The van der Waals surface area contributed by atoms with Gasteiger partial charge in [0, 0.05) is 24.2 Å². The number of hydrogen-bond acceptors (Lipinski definition) is 3. The molecule has 0 aliphatic heterocycles. The third-order valence-corrected chi connectivity index (χ3v) is 3.78. The molecule has 120 valence electrons. The molecule has 0 saturated heterocycles. The number of benzene rings is 2. The second-order valence-electron chi connectivity index (χ2n) is 5.21. The van der Waals surface area contributed by atoms with Crippen molar-refractivity contribution >= 4 is 23.3 Å². The van der Waals surface area contributed by atoms with E-state index in [2.05, 4.69) is 0 Å². The van der Waals surface area contributed by atoms with Crippen molar-refractivity contribution in [1.29, 1.82) is 0 Å². The number of Topliss-reactive ketones (excluding diaryl/α,β-unsaturated/α-hetero) is 1. The summed E-state index contributed by atoms with van der Waals surface area (Å²) in [4.78, 5) is 24.9. The van der Waals surface area contributed by atoms with Crippen LogP contribution in [0.1, 0.15) is 22.8 Å². The summed E-state index contributed by atoms with van der Waals surface area (Å²) in [7, 11) is 1.70. The molecule has 0 bridgehead atoms. The molecule has 0 unspecified atom stereocenters. The van der Waals surface area contributed by atoms with Crippen molar-refractivity contribution in [2.75, 3.05) is 13.7 Å². The molecule has 0 aromatic heterocycles. The Hall–Kier alpha value is -2.33. The molecule has 2 aromatic carbocycles. The van der Waals surface area contributed by atoms with E-state index in [9.17, 15) is 9.59 Å². The molecular weight excluding hydrogens is 314 g/mol. The Morgan fingerprint density at radius 1 is 1.09 bits per heavy atom. The van der Waals surface area contributed by atoms with E-state index in [0.29, 0.717) is 22.9 Å². The fraction of sp³-hybridized carbons (Fsp3) is 0.222. The number of nitrogens with zero attached hydrogens (tertiary/aromatic N) is 1. The molecule has 2 rings (SSSR count). The molecular formula is C18H18ClNO3. The van der Waals surface area contributed by atoms with Crippen LogP contribution in [0, 0.1) is 0 Å². The zero-order chi connectivity index (χ0) is 16.8. The number of amides is 1. The Balaban J connectivity index is 1.89. The molecule has 23 heavy (non-hydrogen) atoms. The molecule has 0 aliphatic carbocycles. The lowest BCUT2D eigenvalue weighted by molar-refractivity contribution is -0.132. The molecule has 0 aliphatic rings. The van der Waals surface area contributed by atoms with E-state index in [1.54, 1.807) is 42.3 Å². The first-order chi connectivity index (χ1) is 11.0. The van der Waals surface area contributed by atoms with Crippen molar-refractivity contribution < 1.29 is 14.3 Å². The Bertz CT molecular complexity index is 698. The highest BCUT2D eigenvalue weighted by molar-refractivity contribution is 6.31. The second-order valence-corrected chi connectivity index (χ2v) is 5.62. The average molecular weight is 332 g/mol. The first-order valence-corrected chi connectivity index (χ1v) is 7.56. The van der Waals surface area contributed by atoms with E-state index in [1.807, 2.05) is 18.2 Å². The molecule has 4 nitrogen and oxygen atoms in total. The van der Waals surface area contributed by atoms with Gasteiger partial charge in [-0.2, -0.15) is 0 Å². The van der Waals surface area contributed by atoms with Crippen molar-refractivity contribution in [3.63, 3.8) is 0 Å². The van der Waals surface area contributed by atoms with Crippen LogP contribution in [0.4, 0.5) is 0 Å². The van der Waals surface area contributed by atoms with Crippen LogP contribution in [0.5, 0.6) is 5.75 Å². The van der Waals surface area contributed by atoms with Gasteiger partial charge in [-0.15, -0.1) is 0 Å². The predicted octanol–water partition coefficient (Wildman–Crippen LogP) is 3.58. The third kappa shape index (κ3) is 4.83. The number of ether oxygens (including phenoxy) is 1. The zero-order valence-electron chi connectivity index (χ0n) is 13.1. The average Bonchev–Trinajstić information content (AvgIpc) is 2.55. The minimum absolute atomic E-state index is 0.00732. The highest BCUT2D eigenvalue weighted by Gasteiger charge is 2.12. The number of carbonyl (C=O) groups is 2. The number of likely N-dealkylation sites (N-methyl/N-ethyl adjacent to an activating group) is 1. The van der Waals surface area contributed by atoms with Gasteiger partial charge >= 0.3 is 0 Å². The maximum atomic E-state index is 12.1. The van der Waals surface area contributed by atoms with E-state index in [1.165, 1.54) is 6.92 Å². The first-order valence-electron chi connectivity index (χ1n) is 7.18. The maximum absolute atomic E-state index is 12.1. The summed E-state index contributed by atoms with van der Waals surface area (Å²) in [5.74, 6) is 0.391. The Labute approximate surface area is 140 Å². The highest BCUT2D eigenvalue weighted by Crippen LogP contribution is 2.17. The largest absolute Gasteiger partial charge is 0.484 e. The smallest absolute Gasteiger partial charge is 0.260 e. The van der Waals surface area contributed by atoms with E-state index in [-0.39, 0.29) is 18.3 Å². The van der Waals surface area contributed by atoms with Gasteiger partial charge in [-0.1, -0.05) is 29.8 Å². The number of halogens is 1. The minimum atomic E-state index is -0.152. The summed E-state index contributed by atoms with van der Waals surface area (Å²) < 4.78 is 5.46. The van der Waals surface area contributed by atoms with Crippen LogP contribution >= 0.6 is 11.6 Å². The van der Waals surface area contributed by atoms with Crippen LogP contribution in [-0.4, -0.2) is 30.2 Å². The van der Waals surface area contributed by atoms with Crippen molar-refractivity contribution in [1.82, 2.24) is 4.90 Å². The minimum Gasteiger partial charge on any atom is -0.484 e. The van der Waals surface area contributed by atoms with E-state index < -0.39 is 0 Å². The fourth-order valence-electron chi connectivity index (χ4n) is 2.01. The number of hydrogen-bond donors (Lipinski definition) is 0. The second kappa shape index (κ2) is 7.79. The highest BCUT2D eigenvalue weighted by atomic mass is 35.5. The number of carbonyl (C=O) groups excluding carboxylic acids is 2. The Kier molecular flexibility index (Phi) is 5.77. The molecule has 0 radical (unpaired) electrons. The predicted molar refractivity (Wildman–Crippen MR) is 89.9 cm³/mol. The normalized spacial score (nSPS) is 10.2. The van der Waals surface area contributed by atoms with Crippen LogP contribution in [0.25, 0.3) is 0 Å². The van der Waals surface area contributed by atoms with Gasteiger partial charge in [0.1, 0.15) is 5.75 Å². The molecule has 2 aromatic rings. The Morgan fingerprint density at radius 2 is 1.74 bits per heavy atom. The van der Waals surface area contributed by atoms with Crippen molar-refractivity contribution in [3.05, 3.63) is 64.7 Å². The van der Waals surface area contributed by atoms with Gasteiger partial charge in [-0.05, 0) is 42.8 Å². The molecule has 0 saturated carbocycles. The fourth-order valence-corrected chi connectivity index (χ4v) is 2.21. The maximum Gasteiger partial charge on any atom is 0.260 e. The molecule has 0 N–H and O–H groups in total. The van der Waals surface area contributed by atoms with E-state index >= 15 is 0 Å². The van der Waals surface area contributed by atoms with Gasteiger partial charge in [0.2, 0.25) is 0 Å². The van der Waals surface area contributed by atoms with Gasteiger partial charge < -0.3 is 9.64 Å². The van der Waals surface area contributed by atoms with E-state index in [4.69, 9.17) is 16.3 Å². The summed E-state index contributed by atoms with van der Waals surface area (Å²) in [6.07, 6.45) is 0. The van der Waals surface area contributed by atoms with Crippen molar-refractivity contribution in [2.45, 2.75) is 13.5 Å². The van der Waals surface area contributed by atoms with Crippen molar-refractivity contribution in [3.8, 4) is 5.75 Å². The summed E-state index contributed by atoms with van der Waals surface area (Å²) >= 11 is 6.09. The van der Waals surface area contributed by atoms with Gasteiger partial charge in [-0.3, -0.25) is 9.59 Å². The van der Waals surface area contributed by atoms with Gasteiger partial charge in [0.05, 0.1) is 0 Å². The van der Waals surface area contributed by atoms with Crippen LogP contribution in [0.3, 0.4) is 0 Å². The summed E-state index contributed by atoms with van der Waals surface area (Å²) in [6.45, 7) is 1.86.